The van der Waals surface area contributed by atoms with Crippen LogP contribution in [0.1, 0.15) is 19.8 Å². The summed E-state index contributed by atoms with van der Waals surface area (Å²) in [6.07, 6.45) is 2.75. The van der Waals surface area contributed by atoms with E-state index in [1.807, 2.05) is 6.92 Å². The summed E-state index contributed by atoms with van der Waals surface area (Å²) >= 11 is 0. The Hall–Kier alpha value is -1.14. The fourth-order valence-corrected chi connectivity index (χ4v) is 3.84. The van der Waals surface area contributed by atoms with Crippen LogP contribution in [0.5, 0.6) is 5.75 Å². The summed E-state index contributed by atoms with van der Waals surface area (Å²) in [6.45, 7) is 4.27. The lowest BCUT2D eigenvalue weighted by atomic mass is 9.98. The molecule has 1 saturated heterocycles. The van der Waals surface area contributed by atoms with E-state index in [1.165, 1.54) is 22.7 Å². The molecule has 1 fully saturated rings. The molecule has 0 radical (unpaired) electrons. The van der Waals surface area contributed by atoms with Crippen molar-refractivity contribution in [2.45, 2.75) is 25.9 Å². The molecule has 0 aromatic heterocycles. The van der Waals surface area contributed by atoms with Crippen LogP contribution in [-0.4, -0.2) is 64.3 Å². The van der Waals surface area contributed by atoms with Crippen molar-refractivity contribution in [2.24, 2.45) is 10.9 Å². The summed E-state index contributed by atoms with van der Waals surface area (Å²) in [6, 6.07) is 6.06. The van der Waals surface area contributed by atoms with Gasteiger partial charge in [-0.1, -0.05) is 6.07 Å². The van der Waals surface area contributed by atoms with Crippen molar-refractivity contribution in [3.63, 3.8) is 0 Å². The van der Waals surface area contributed by atoms with E-state index < -0.39 is 10.0 Å². The number of hydrogen-bond donors (Lipinski definition) is 2. The maximum Gasteiger partial charge on any atom is 0.211 e. The van der Waals surface area contributed by atoms with E-state index in [9.17, 15) is 12.8 Å². The molecule has 0 aliphatic carbocycles. The summed E-state index contributed by atoms with van der Waals surface area (Å²) in [7, 11) is -1.40. The molecule has 0 spiro atoms. The SMILES string of the molecule is CN=C(NCC1CCN(S(C)(=O)=O)CC1)NCC(C)Oc1cccc(F)c1.I. The van der Waals surface area contributed by atoms with Crippen molar-refractivity contribution in [2.75, 3.05) is 39.5 Å². The minimum atomic E-state index is -3.09. The fourth-order valence-electron chi connectivity index (χ4n) is 2.96. The lowest BCUT2D eigenvalue weighted by Crippen LogP contribution is -2.45. The van der Waals surface area contributed by atoms with Crippen LogP contribution < -0.4 is 15.4 Å². The predicted molar refractivity (Wildman–Crippen MR) is 120 cm³/mol. The van der Waals surface area contributed by atoms with Crippen LogP contribution in [-0.2, 0) is 10.0 Å². The normalized spacial score (nSPS) is 17.5. The van der Waals surface area contributed by atoms with Crippen LogP contribution in [0.25, 0.3) is 0 Å². The van der Waals surface area contributed by atoms with Crippen LogP contribution in [0.2, 0.25) is 0 Å². The highest BCUT2D eigenvalue weighted by Crippen LogP contribution is 2.18. The fraction of sp³-hybridized carbons (Fsp3) is 0.611. The standard InChI is InChI=1S/C18H29FN4O3S.HI/c1-14(26-17-6-4-5-16(19)11-17)12-21-18(20-2)22-13-15-7-9-23(10-8-15)27(3,24)25;/h4-6,11,14-15H,7-10,12-13H2,1-3H3,(H2,20,21,22);1H. The van der Waals surface area contributed by atoms with Gasteiger partial charge in [-0.05, 0) is 37.8 Å². The Bertz CT molecular complexity index is 740. The van der Waals surface area contributed by atoms with Crippen LogP contribution in [0, 0.1) is 11.7 Å². The number of halogens is 2. The summed E-state index contributed by atoms with van der Waals surface area (Å²) < 4.78 is 43.5. The van der Waals surface area contributed by atoms with Gasteiger partial charge in [0.1, 0.15) is 17.7 Å². The first kappa shape index (κ1) is 24.9. The average Bonchev–Trinajstić information content (AvgIpc) is 2.61. The monoisotopic (exact) mass is 528 g/mol. The highest BCUT2D eigenvalue weighted by molar-refractivity contribution is 14.0. The van der Waals surface area contributed by atoms with Gasteiger partial charge >= 0.3 is 0 Å². The number of benzene rings is 1. The second-order valence-electron chi connectivity index (χ2n) is 6.83. The van der Waals surface area contributed by atoms with E-state index in [4.69, 9.17) is 4.74 Å². The molecule has 1 aliphatic heterocycles. The van der Waals surface area contributed by atoms with E-state index in [-0.39, 0.29) is 35.9 Å². The number of aliphatic imine (C=N–C) groups is 1. The molecular weight excluding hydrogens is 498 g/mol. The zero-order chi connectivity index (χ0) is 19.9. The first-order chi connectivity index (χ1) is 12.8. The molecule has 1 aromatic rings. The molecule has 10 heteroatoms. The van der Waals surface area contributed by atoms with E-state index in [2.05, 4.69) is 15.6 Å². The Morgan fingerprint density at radius 3 is 2.61 bits per heavy atom. The highest BCUT2D eigenvalue weighted by atomic mass is 127. The molecular formula is C18H30FIN4O3S. The zero-order valence-electron chi connectivity index (χ0n) is 16.5. The van der Waals surface area contributed by atoms with Crippen LogP contribution >= 0.6 is 24.0 Å². The third kappa shape index (κ3) is 8.48. The molecule has 0 bridgehead atoms. The number of nitrogens with zero attached hydrogens (tertiary/aromatic N) is 2. The lowest BCUT2D eigenvalue weighted by Gasteiger charge is -2.30. The molecule has 7 nitrogen and oxygen atoms in total. The number of nitrogens with one attached hydrogen (secondary N) is 2. The Balaban J connectivity index is 0.00000392. The molecule has 0 amide bonds. The van der Waals surface area contributed by atoms with Gasteiger partial charge < -0.3 is 15.4 Å². The van der Waals surface area contributed by atoms with Crippen molar-refractivity contribution in [1.82, 2.24) is 14.9 Å². The van der Waals surface area contributed by atoms with E-state index >= 15 is 0 Å². The van der Waals surface area contributed by atoms with E-state index in [0.29, 0.717) is 37.3 Å². The quantitative estimate of drug-likeness (QED) is 0.322. The lowest BCUT2D eigenvalue weighted by molar-refractivity contribution is 0.222. The molecule has 1 atom stereocenters. The number of guanidine groups is 1. The van der Waals surface area contributed by atoms with Crippen molar-refractivity contribution in [3.05, 3.63) is 30.1 Å². The summed E-state index contributed by atoms with van der Waals surface area (Å²) in [5.41, 5.74) is 0. The van der Waals surface area contributed by atoms with Gasteiger partial charge in [-0.25, -0.2) is 17.1 Å². The number of piperidine rings is 1. The Morgan fingerprint density at radius 2 is 2.04 bits per heavy atom. The third-order valence-corrected chi connectivity index (χ3v) is 5.82. The molecule has 0 saturated carbocycles. The van der Waals surface area contributed by atoms with Gasteiger partial charge in [0.2, 0.25) is 10.0 Å². The van der Waals surface area contributed by atoms with Crippen molar-refractivity contribution in [3.8, 4) is 5.75 Å². The molecule has 28 heavy (non-hydrogen) atoms. The minimum Gasteiger partial charge on any atom is -0.489 e. The number of ether oxygens (including phenoxy) is 1. The van der Waals surface area contributed by atoms with Crippen LogP contribution in [0.3, 0.4) is 0 Å². The van der Waals surface area contributed by atoms with Crippen molar-refractivity contribution >= 4 is 40.0 Å². The third-order valence-electron chi connectivity index (χ3n) is 4.51. The predicted octanol–water partition coefficient (Wildman–Crippen LogP) is 2.05. The largest absolute Gasteiger partial charge is 0.489 e. The van der Waals surface area contributed by atoms with Gasteiger partial charge in [-0.3, -0.25) is 4.99 Å². The number of hydrogen-bond acceptors (Lipinski definition) is 4. The molecule has 1 aliphatic rings. The summed E-state index contributed by atoms with van der Waals surface area (Å²) in [5.74, 6) is 1.23. The van der Waals surface area contributed by atoms with E-state index in [0.717, 1.165) is 19.4 Å². The minimum absolute atomic E-state index is 0. The maximum absolute atomic E-state index is 13.2. The van der Waals surface area contributed by atoms with Gasteiger partial charge in [-0.15, -0.1) is 24.0 Å². The van der Waals surface area contributed by atoms with Crippen LogP contribution in [0.15, 0.2) is 29.3 Å². The molecule has 1 heterocycles. The second kappa shape index (κ2) is 11.8. The molecule has 2 rings (SSSR count). The van der Waals surface area contributed by atoms with Gasteiger partial charge in [0.05, 0.1) is 12.8 Å². The second-order valence-corrected chi connectivity index (χ2v) is 8.81. The van der Waals surface area contributed by atoms with Crippen molar-refractivity contribution < 1.29 is 17.5 Å². The average molecular weight is 528 g/mol. The first-order valence-corrected chi connectivity index (χ1v) is 10.9. The molecule has 160 valence electrons. The topological polar surface area (TPSA) is 83.0 Å². The maximum atomic E-state index is 13.2. The number of rotatable bonds is 7. The zero-order valence-corrected chi connectivity index (χ0v) is 19.7. The first-order valence-electron chi connectivity index (χ1n) is 9.10. The summed E-state index contributed by atoms with van der Waals surface area (Å²) in [5, 5.41) is 6.47. The van der Waals surface area contributed by atoms with Gasteiger partial charge in [0.25, 0.3) is 0 Å². The number of sulfonamides is 1. The Morgan fingerprint density at radius 1 is 1.36 bits per heavy atom. The summed E-state index contributed by atoms with van der Waals surface area (Å²) in [4.78, 5) is 4.19. The Kier molecular flexibility index (Phi) is 10.5. The molecule has 2 N–H and O–H groups in total. The molecule has 1 aromatic carbocycles. The van der Waals surface area contributed by atoms with Gasteiger partial charge in [0, 0.05) is 32.7 Å². The van der Waals surface area contributed by atoms with Crippen molar-refractivity contribution in [1.29, 1.82) is 0 Å². The van der Waals surface area contributed by atoms with Crippen LogP contribution in [0.4, 0.5) is 4.39 Å². The highest BCUT2D eigenvalue weighted by Gasteiger charge is 2.24. The smallest absolute Gasteiger partial charge is 0.211 e. The van der Waals surface area contributed by atoms with Gasteiger partial charge in [-0.2, -0.15) is 0 Å². The van der Waals surface area contributed by atoms with E-state index in [1.54, 1.807) is 19.2 Å². The molecule has 1 unspecified atom stereocenters. The van der Waals surface area contributed by atoms with Gasteiger partial charge in [0.15, 0.2) is 5.96 Å². The Labute approximate surface area is 184 Å².